The highest BCUT2D eigenvalue weighted by Crippen LogP contribution is 2.18. The summed E-state index contributed by atoms with van der Waals surface area (Å²) in [6, 6.07) is 12.5. The van der Waals surface area contributed by atoms with Crippen LogP contribution >= 0.6 is 0 Å². The maximum atomic E-state index is 5.69. The molecule has 0 aromatic heterocycles. The summed E-state index contributed by atoms with van der Waals surface area (Å²) in [7, 11) is 0. The molecule has 1 heteroatoms. The van der Waals surface area contributed by atoms with Gasteiger partial charge in [-0.3, -0.25) is 0 Å². The summed E-state index contributed by atoms with van der Waals surface area (Å²) in [6.45, 7) is 2.17. The van der Waals surface area contributed by atoms with Gasteiger partial charge in [-0.1, -0.05) is 31.2 Å². The van der Waals surface area contributed by atoms with Crippen LogP contribution in [0.2, 0.25) is 0 Å². The number of nitrogen functional groups attached to an aromatic ring is 1. The summed E-state index contributed by atoms with van der Waals surface area (Å²) in [5, 5.41) is 2.49. The van der Waals surface area contributed by atoms with Crippen LogP contribution in [0.25, 0.3) is 10.8 Å². The Bertz CT molecular complexity index is 432. The van der Waals surface area contributed by atoms with Crippen LogP contribution in [0, 0.1) is 0 Å². The molecule has 0 bridgehead atoms. The van der Waals surface area contributed by atoms with Crippen molar-refractivity contribution in [3.63, 3.8) is 0 Å². The zero-order valence-electron chi connectivity index (χ0n) is 7.75. The second-order valence-corrected chi connectivity index (χ2v) is 3.29. The minimum atomic E-state index is 0.830. The molecule has 2 rings (SSSR count). The lowest BCUT2D eigenvalue weighted by atomic mass is 10.1. The van der Waals surface area contributed by atoms with Gasteiger partial charge in [0.25, 0.3) is 0 Å². The van der Waals surface area contributed by atoms with Crippen molar-refractivity contribution in [1.82, 2.24) is 0 Å². The smallest absolute Gasteiger partial charge is 0.0320 e. The van der Waals surface area contributed by atoms with Crippen LogP contribution in [-0.2, 0) is 6.42 Å². The molecule has 0 aliphatic heterocycles. The minimum Gasteiger partial charge on any atom is -0.399 e. The lowest BCUT2D eigenvalue weighted by Gasteiger charge is -2.01. The van der Waals surface area contributed by atoms with E-state index in [2.05, 4.69) is 31.2 Å². The van der Waals surface area contributed by atoms with Crippen molar-refractivity contribution >= 4 is 16.5 Å². The Hall–Kier alpha value is -1.50. The monoisotopic (exact) mass is 171 g/mol. The van der Waals surface area contributed by atoms with Crippen molar-refractivity contribution in [2.75, 3.05) is 5.73 Å². The van der Waals surface area contributed by atoms with E-state index in [1.807, 2.05) is 12.1 Å². The van der Waals surface area contributed by atoms with Gasteiger partial charge >= 0.3 is 0 Å². The van der Waals surface area contributed by atoms with Crippen LogP contribution in [-0.4, -0.2) is 0 Å². The van der Waals surface area contributed by atoms with Crippen LogP contribution in [0.4, 0.5) is 5.69 Å². The molecule has 2 aromatic carbocycles. The number of aryl methyl sites for hydroxylation is 1. The minimum absolute atomic E-state index is 0.830. The summed E-state index contributed by atoms with van der Waals surface area (Å²) < 4.78 is 0. The maximum absolute atomic E-state index is 5.69. The third-order valence-electron chi connectivity index (χ3n) is 2.34. The summed E-state index contributed by atoms with van der Waals surface area (Å²) in [5.74, 6) is 0. The molecule has 0 atom stereocenters. The average molecular weight is 171 g/mol. The van der Waals surface area contributed by atoms with E-state index in [-0.39, 0.29) is 0 Å². The Balaban J connectivity index is 2.66. The van der Waals surface area contributed by atoms with Crippen molar-refractivity contribution < 1.29 is 0 Å². The molecule has 2 aromatic rings. The van der Waals surface area contributed by atoms with Gasteiger partial charge in [0.2, 0.25) is 0 Å². The van der Waals surface area contributed by atoms with Crippen molar-refractivity contribution in [1.29, 1.82) is 0 Å². The van der Waals surface area contributed by atoms with Crippen LogP contribution < -0.4 is 5.73 Å². The highest BCUT2D eigenvalue weighted by Gasteiger charge is 1.94. The number of nitrogens with two attached hydrogens (primary N) is 1. The second kappa shape index (κ2) is 3.09. The highest BCUT2D eigenvalue weighted by molar-refractivity contribution is 5.85. The van der Waals surface area contributed by atoms with E-state index in [0.29, 0.717) is 0 Å². The van der Waals surface area contributed by atoms with Crippen LogP contribution in [0.3, 0.4) is 0 Å². The molecule has 0 saturated heterocycles. The van der Waals surface area contributed by atoms with Gasteiger partial charge < -0.3 is 5.73 Å². The predicted molar refractivity (Wildman–Crippen MR) is 57.7 cm³/mol. The topological polar surface area (TPSA) is 26.0 Å². The van der Waals surface area contributed by atoms with Crippen molar-refractivity contribution in [3.8, 4) is 0 Å². The van der Waals surface area contributed by atoms with Crippen LogP contribution in [0.1, 0.15) is 12.5 Å². The Morgan fingerprint density at radius 1 is 1.00 bits per heavy atom. The molecule has 0 spiro atoms. The second-order valence-electron chi connectivity index (χ2n) is 3.29. The standard InChI is InChI=1S/C12H13N/c1-2-9-3-4-11-8-12(13)6-5-10(11)7-9/h3-8H,2,13H2,1H3. The van der Waals surface area contributed by atoms with Gasteiger partial charge in [0.15, 0.2) is 0 Å². The van der Waals surface area contributed by atoms with Gasteiger partial charge in [-0.25, -0.2) is 0 Å². The molecule has 1 nitrogen and oxygen atoms in total. The number of fused-ring (bicyclic) bond motifs is 1. The normalized spacial score (nSPS) is 10.5. The molecule has 0 radical (unpaired) electrons. The largest absolute Gasteiger partial charge is 0.399 e. The Morgan fingerprint density at radius 3 is 2.46 bits per heavy atom. The molecular formula is C12H13N. The molecule has 0 amide bonds. The fourth-order valence-electron chi connectivity index (χ4n) is 1.53. The SMILES string of the molecule is CCc1ccc2cc(N)ccc2c1. The molecular weight excluding hydrogens is 158 g/mol. The van der Waals surface area contributed by atoms with E-state index in [9.17, 15) is 0 Å². The Labute approximate surface area is 78.2 Å². The molecule has 0 heterocycles. The van der Waals surface area contributed by atoms with Crippen molar-refractivity contribution in [3.05, 3.63) is 42.0 Å². The first kappa shape index (κ1) is 8.11. The molecule has 0 fully saturated rings. The molecule has 2 N–H and O–H groups in total. The van der Waals surface area contributed by atoms with E-state index in [4.69, 9.17) is 5.73 Å². The number of benzene rings is 2. The third-order valence-corrected chi connectivity index (χ3v) is 2.34. The molecule has 66 valence electrons. The summed E-state index contributed by atoms with van der Waals surface area (Å²) in [4.78, 5) is 0. The van der Waals surface area contributed by atoms with Crippen molar-refractivity contribution in [2.45, 2.75) is 13.3 Å². The van der Waals surface area contributed by atoms with E-state index < -0.39 is 0 Å². The Kier molecular flexibility index (Phi) is 1.93. The molecule has 0 unspecified atom stereocenters. The zero-order chi connectivity index (χ0) is 9.26. The Morgan fingerprint density at radius 2 is 1.69 bits per heavy atom. The lowest BCUT2D eigenvalue weighted by Crippen LogP contribution is -1.85. The van der Waals surface area contributed by atoms with E-state index >= 15 is 0 Å². The first-order valence-electron chi connectivity index (χ1n) is 4.58. The maximum Gasteiger partial charge on any atom is 0.0320 e. The van der Waals surface area contributed by atoms with E-state index in [1.54, 1.807) is 0 Å². The lowest BCUT2D eigenvalue weighted by molar-refractivity contribution is 1.15. The van der Waals surface area contributed by atoms with E-state index in [1.165, 1.54) is 16.3 Å². The van der Waals surface area contributed by atoms with Crippen LogP contribution in [0.5, 0.6) is 0 Å². The fraction of sp³-hybridized carbons (Fsp3) is 0.167. The van der Waals surface area contributed by atoms with E-state index in [0.717, 1.165) is 12.1 Å². The predicted octanol–water partition coefficient (Wildman–Crippen LogP) is 2.98. The van der Waals surface area contributed by atoms with Gasteiger partial charge in [0.1, 0.15) is 0 Å². The first-order chi connectivity index (χ1) is 6.29. The molecule has 0 aliphatic rings. The quantitative estimate of drug-likeness (QED) is 0.656. The summed E-state index contributed by atoms with van der Waals surface area (Å²) in [5.41, 5.74) is 7.90. The van der Waals surface area contributed by atoms with Gasteiger partial charge in [-0.2, -0.15) is 0 Å². The fourth-order valence-corrected chi connectivity index (χ4v) is 1.53. The number of rotatable bonds is 1. The van der Waals surface area contributed by atoms with Gasteiger partial charge in [0.05, 0.1) is 0 Å². The number of hydrogen-bond acceptors (Lipinski definition) is 1. The van der Waals surface area contributed by atoms with Gasteiger partial charge in [0, 0.05) is 5.69 Å². The van der Waals surface area contributed by atoms with Gasteiger partial charge in [-0.05, 0) is 34.9 Å². The average Bonchev–Trinajstić information content (AvgIpc) is 2.17. The summed E-state index contributed by atoms with van der Waals surface area (Å²) >= 11 is 0. The van der Waals surface area contributed by atoms with Gasteiger partial charge in [-0.15, -0.1) is 0 Å². The molecule has 13 heavy (non-hydrogen) atoms. The number of hydrogen-bond donors (Lipinski definition) is 1. The van der Waals surface area contributed by atoms with Crippen LogP contribution in [0.15, 0.2) is 36.4 Å². The molecule has 0 aliphatic carbocycles. The highest BCUT2D eigenvalue weighted by atomic mass is 14.5. The van der Waals surface area contributed by atoms with Crippen molar-refractivity contribution in [2.24, 2.45) is 0 Å². The summed E-state index contributed by atoms with van der Waals surface area (Å²) in [6.07, 6.45) is 1.08. The third kappa shape index (κ3) is 1.50. The first-order valence-corrected chi connectivity index (χ1v) is 4.58. The molecule has 0 saturated carbocycles. The number of anilines is 1. The zero-order valence-corrected chi connectivity index (χ0v) is 7.75.